The molecule has 4 N–H and O–H groups in total. The Morgan fingerprint density at radius 1 is 1.35 bits per heavy atom. The van der Waals surface area contributed by atoms with Gasteiger partial charge < -0.3 is 30.1 Å². The number of rotatable bonds is 5. The van der Waals surface area contributed by atoms with Crippen LogP contribution in [-0.4, -0.2) is 64.1 Å². The van der Waals surface area contributed by atoms with E-state index in [1.54, 1.807) is 0 Å². The molecule has 20 heavy (non-hydrogen) atoms. The van der Waals surface area contributed by atoms with Crippen LogP contribution in [0.2, 0.25) is 0 Å². The van der Waals surface area contributed by atoms with Crippen LogP contribution in [0.15, 0.2) is 0 Å². The van der Waals surface area contributed by atoms with Gasteiger partial charge in [-0.3, -0.25) is 4.79 Å². The molecule has 1 fully saturated rings. The molecule has 1 rings (SSSR count). The molecule has 0 aliphatic carbocycles. The molecule has 1 heterocycles. The summed E-state index contributed by atoms with van der Waals surface area (Å²) in [6.07, 6.45) is -3.76. The number of aliphatic hydroxyl groups excluding tert-OH is 3. The predicted octanol–water partition coefficient (Wildman–Crippen LogP) is -0.865. The molecule has 5 unspecified atom stereocenters. The van der Waals surface area contributed by atoms with Crippen molar-refractivity contribution in [2.75, 3.05) is 6.61 Å². The van der Waals surface area contributed by atoms with E-state index in [1.165, 1.54) is 6.92 Å². The summed E-state index contributed by atoms with van der Waals surface area (Å²) in [6.45, 7) is 6.50. The smallest absolute Gasteiger partial charge is 0.217 e. The normalized spacial score (nSPS) is 34.9. The van der Waals surface area contributed by atoms with Gasteiger partial charge in [-0.25, -0.2) is 0 Å². The van der Waals surface area contributed by atoms with Crippen LogP contribution in [0.3, 0.4) is 0 Å². The quantitative estimate of drug-likeness (QED) is 0.525. The van der Waals surface area contributed by atoms with Gasteiger partial charge in [0.2, 0.25) is 5.91 Å². The molecule has 7 nitrogen and oxygen atoms in total. The van der Waals surface area contributed by atoms with E-state index in [0.717, 1.165) is 0 Å². The Hall–Kier alpha value is -0.730. The molecular weight excluding hydrogens is 266 g/mol. The van der Waals surface area contributed by atoms with Gasteiger partial charge in [0.15, 0.2) is 6.29 Å². The zero-order valence-electron chi connectivity index (χ0n) is 12.4. The lowest BCUT2D eigenvalue weighted by Crippen LogP contribution is -2.65. The monoisotopic (exact) mass is 291 g/mol. The molecule has 0 spiro atoms. The zero-order valence-corrected chi connectivity index (χ0v) is 12.4. The largest absolute Gasteiger partial charge is 0.394 e. The second-order valence-electron chi connectivity index (χ2n) is 5.66. The van der Waals surface area contributed by atoms with Crippen LogP contribution < -0.4 is 5.32 Å². The Kier molecular flexibility index (Phi) is 5.91. The highest BCUT2D eigenvalue weighted by atomic mass is 16.7. The molecule has 0 saturated carbocycles. The SMILES string of the molecule is CCC(C)(C)OC1OC(CO)C(O)C(O)C1NC(C)=O. The maximum absolute atomic E-state index is 11.2. The lowest BCUT2D eigenvalue weighted by atomic mass is 9.96. The Morgan fingerprint density at radius 3 is 2.40 bits per heavy atom. The maximum Gasteiger partial charge on any atom is 0.217 e. The van der Waals surface area contributed by atoms with E-state index >= 15 is 0 Å². The van der Waals surface area contributed by atoms with Crippen LogP contribution in [0.1, 0.15) is 34.1 Å². The van der Waals surface area contributed by atoms with Crippen molar-refractivity contribution in [2.45, 2.75) is 70.4 Å². The van der Waals surface area contributed by atoms with Crippen LogP contribution in [0.5, 0.6) is 0 Å². The van der Waals surface area contributed by atoms with E-state index in [-0.39, 0.29) is 5.91 Å². The molecule has 5 atom stereocenters. The third-order valence-corrected chi connectivity index (χ3v) is 3.54. The van der Waals surface area contributed by atoms with E-state index in [2.05, 4.69) is 5.32 Å². The van der Waals surface area contributed by atoms with E-state index in [9.17, 15) is 20.1 Å². The van der Waals surface area contributed by atoms with Gasteiger partial charge in [-0.2, -0.15) is 0 Å². The lowest BCUT2D eigenvalue weighted by molar-refractivity contribution is -0.295. The summed E-state index contributed by atoms with van der Waals surface area (Å²) < 4.78 is 11.2. The van der Waals surface area contributed by atoms with Crippen LogP contribution in [0.4, 0.5) is 0 Å². The van der Waals surface area contributed by atoms with E-state index < -0.39 is 42.9 Å². The Balaban J connectivity index is 2.91. The van der Waals surface area contributed by atoms with Gasteiger partial charge in [-0.05, 0) is 20.3 Å². The van der Waals surface area contributed by atoms with Crippen LogP contribution in [0.25, 0.3) is 0 Å². The van der Waals surface area contributed by atoms with Crippen molar-refractivity contribution in [2.24, 2.45) is 0 Å². The highest BCUT2D eigenvalue weighted by molar-refractivity contribution is 5.73. The molecule has 0 aromatic rings. The van der Waals surface area contributed by atoms with Crippen molar-refractivity contribution in [1.82, 2.24) is 5.32 Å². The lowest BCUT2D eigenvalue weighted by Gasteiger charge is -2.44. The fraction of sp³-hybridized carbons (Fsp3) is 0.923. The number of carbonyl (C=O) groups is 1. The Labute approximate surface area is 118 Å². The first-order valence-corrected chi connectivity index (χ1v) is 6.79. The summed E-state index contributed by atoms with van der Waals surface area (Å²) in [5.74, 6) is -0.366. The van der Waals surface area contributed by atoms with Gasteiger partial charge in [0.1, 0.15) is 24.4 Å². The van der Waals surface area contributed by atoms with Crippen molar-refractivity contribution in [3.63, 3.8) is 0 Å². The third-order valence-electron chi connectivity index (χ3n) is 3.54. The minimum atomic E-state index is -1.29. The average Bonchev–Trinajstić information content (AvgIpc) is 2.37. The fourth-order valence-corrected chi connectivity index (χ4v) is 1.97. The minimum Gasteiger partial charge on any atom is -0.394 e. The third kappa shape index (κ3) is 4.13. The number of hydrogen-bond donors (Lipinski definition) is 4. The number of hydrogen-bond acceptors (Lipinski definition) is 6. The van der Waals surface area contributed by atoms with Crippen LogP contribution in [0, 0.1) is 0 Å². The molecule has 0 bridgehead atoms. The second kappa shape index (κ2) is 6.82. The average molecular weight is 291 g/mol. The van der Waals surface area contributed by atoms with Crippen molar-refractivity contribution >= 4 is 5.91 Å². The summed E-state index contributed by atoms with van der Waals surface area (Å²) in [7, 11) is 0. The zero-order chi connectivity index (χ0) is 15.5. The number of ether oxygens (including phenoxy) is 2. The van der Waals surface area contributed by atoms with Crippen molar-refractivity contribution in [1.29, 1.82) is 0 Å². The van der Waals surface area contributed by atoms with Gasteiger partial charge in [0.25, 0.3) is 0 Å². The van der Waals surface area contributed by atoms with E-state index in [4.69, 9.17) is 9.47 Å². The van der Waals surface area contributed by atoms with Gasteiger partial charge in [-0.1, -0.05) is 6.92 Å². The topological polar surface area (TPSA) is 108 Å². The molecule has 1 aliphatic heterocycles. The van der Waals surface area contributed by atoms with Crippen LogP contribution in [-0.2, 0) is 14.3 Å². The molecule has 118 valence electrons. The van der Waals surface area contributed by atoms with E-state index in [0.29, 0.717) is 6.42 Å². The van der Waals surface area contributed by atoms with Crippen molar-refractivity contribution in [3.8, 4) is 0 Å². The maximum atomic E-state index is 11.2. The molecular formula is C13H25NO6. The summed E-state index contributed by atoms with van der Waals surface area (Å²) in [5, 5.41) is 31.6. The molecule has 1 saturated heterocycles. The van der Waals surface area contributed by atoms with Crippen LogP contribution >= 0.6 is 0 Å². The van der Waals surface area contributed by atoms with Gasteiger partial charge >= 0.3 is 0 Å². The number of amides is 1. The Morgan fingerprint density at radius 2 is 1.95 bits per heavy atom. The highest BCUT2D eigenvalue weighted by Gasteiger charge is 2.46. The first kappa shape index (κ1) is 17.3. The molecule has 1 amide bonds. The summed E-state index contributed by atoms with van der Waals surface area (Å²) >= 11 is 0. The molecule has 0 radical (unpaired) electrons. The molecule has 0 aromatic carbocycles. The van der Waals surface area contributed by atoms with Gasteiger partial charge in [-0.15, -0.1) is 0 Å². The summed E-state index contributed by atoms with van der Waals surface area (Å²) in [5.41, 5.74) is -0.524. The predicted molar refractivity (Wildman–Crippen MR) is 70.8 cm³/mol. The number of aliphatic hydroxyl groups is 3. The van der Waals surface area contributed by atoms with Crippen molar-refractivity contribution < 1.29 is 29.6 Å². The summed E-state index contributed by atoms with van der Waals surface area (Å²) in [6, 6.07) is -0.892. The first-order chi connectivity index (χ1) is 9.21. The summed E-state index contributed by atoms with van der Waals surface area (Å²) in [4.78, 5) is 11.2. The van der Waals surface area contributed by atoms with Crippen molar-refractivity contribution in [3.05, 3.63) is 0 Å². The highest BCUT2D eigenvalue weighted by Crippen LogP contribution is 2.27. The van der Waals surface area contributed by atoms with Gasteiger partial charge in [0.05, 0.1) is 12.2 Å². The molecule has 1 aliphatic rings. The van der Waals surface area contributed by atoms with E-state index in [1.807, 2.05) is 20.8 Å². The first-order valence-electron chi connectivity index (χ1n) is 6.79. The van der Waals surface area contributed by atoms with Gasteiger partial charge in [0, 0.05) is 6.92 Å². The minimum absolute atomic E-state index is 0.366. The Bertz CT molecular complexity index is 335. The second-order valence-corrected chi connectivity index (χ2v) is 5.66. The standard InChI is InChI=1S/C13H25NO6/c1-5-13(3,4)20-12-9(14-7(2)16)11(18)10(17)8(6-15)19-12/h8-12,15,17-18H,5-6H2,1-4H3,(H,14,16). The number of carbonyl (C=O) groups excluding carboxylic acids is 1. The number of nitrogens with one attached hydrogen (secondary N) is 1. The molecule has 0 aromatic heterocycles. The fourth-order valence-electron chi connectivity index (χ4n) is 1.97. The molecule has 7 heteroatoms.